The molecule has 2 saturated heterocycles. The molecule has 0 radical (unpaired) electrons. The van der Waals surface area contributed by atoms with Gasteiger partial charge >= 0.3 is 0 Å². The number of likely N-dealkylation sites (tertiary alicyclic amines) is 2. The van der Waals surface area contributed by atoms with Crippen LogP contribution in [0.25, 0.3) is 0 Å². The molecule has 3 rings (SSSR count). The minimum absolute atomic E-state index is 0.452. The summed E-state index contributed by atoms with van der Waals surface area (Å²) in [6, 6.07) is 5.05. The maximum Gasteiger partial charge on any atom is 0.0621 e. The van der Waals surface area contributed by atoms with Crippen LogP contribution in [-0.2, 0) is 11.3 Å². The van der Waals surface area contributed by atoms with Crippen molar-refractivity contribution in [2.75, 3.05) is 33.4 Å². The first-order valence-electron chi connectivity index (χ1n) is 8.29. The van der Waals surface area contributed by atoms with Crippen LogP contribution in [0.4, 0.5) is 0 Å². The van der Waals surface area contributed by atoms with Crippen LogP contribution in [0, 0.1) is 0 Å². The molecule has 1 atom stereocenters. The van der Waals surface area contributed by atoms with E-state index in [1.54, 1.807) is 0 Å². The molecule has 0 N–H and O–H groups in total. The Morgan fingerprint density at radius 1 is 1.33 bits per heavy atom. The summed E-state index contributed by atoms with van der Waals surface area (Å²) in [5.41, 5.74) is 0.452. The second kappa shape index (κ2) is 6.78. The summed E-state index contributed by atoms with van der Waals surface area (Å²) in [4.78, 5) is 6.77. The molecule has 2 aliphatic heterocycles. The number of ether oxygens (including phenoxy) is 1. The molecule has 0 bridgehead atoms. The van der Waals surface area contributed by atoms with Gasteiger partial charge in [-0.1, -0.05) is 6.07 Å². The summed E-state index contributed by atoms with van der Waals surface area (Å²) < 4.78 is 5.66. The Hall–Kier alpha value is -0.420. The molecule has 118 valence electrons. The highest BCUT2D eigenvalue weighted by atomic mass is 32.1. The van der Waals surface area contributed by atoms with Gasteiger partial charge in [0.15, 0.2) is 0 Å². The maximum absolute atomic E-state index is 5.66. The Bertz CT molecular complexity index is 426. The first-order valence-corrected chi connectivity index (χ1v) is 9.17. The standard InChI is InChI=1S/C17H28N2OS/c1-3-20-14-15-6-7-17(18(15)2)8-10-19(11-9-17)13-16-5-4-12-21-16/h4-5,12,15H,3,6-11,13-14H2,1-2H3. The molecule has 1 aromatic heterocycles. The second-order valence-corrected chi connectivity index (χ2v) is 7.57. The summed E-state index contributed by atoms with van der Waals surface area (Å²) in [7, 11) is 2.33. The summed E-state index contributed by atoms with van der Waals surface area (Å²) in [5.74, 6) is 0. The lowest BCUT2D eigenvalue weighted by Crippen LogP contribution is -2.52. The van der Waals surface area contributed by atoms with Crippen molar-refractivity contribution < 1.29 is 4.74 Å². The van der Waals surface area contributed by atoms with Crippen LogP contribution < -0.4 is 0 Å². The Morgan fingerprint density at radius 3 is 2.81 bits per heavy atom. The summed E-state index contributed by atoms with van der Waals surface area (Å²) >= 11 is 1.88. The number of piperidine rings is 1. The topological polar surface area (TPSA) is 15.7 Å². The van der Waals surface area contributed by atoms with Gasteiger partial charge in [-0.15, -0.1) is 11.3 Å². The summed E-state index contributed by atoms with van der Waals surface area (Å²) in [6.45, 7) is 7.46. The number of nitrogens with zero attached hydrogens (tertiary/aromatic N) is 2. The van der Waals surface area contributed by atoms with E-state index in [1.807, 2.05) is 11.3 Å². The van der Waals surface area contributed by atoms with Gasteiger partial charge in [-0.05, 0) is 51.1 Å². The van der Waals surface area contributed by atoms with Crippen molar-refractivity contribution >= 4 is 11.3 Å². The third kappa shape index (κ3) is 3.34. The first kappa shape index (κ1) is 15.5. The molecule has 2 aliphatic rings. The summed E-state index contributed by atoms with van der Waals surface area (Å²) in [6.07, 6.45) is 5.30. The van der Waals surface area contributed by atoms with E-state index >= 15 is 0 Å². The molecule has 21 heavy (non-hydrogen) atoms. The maximum atomic E-state index is 5.66. The number of hydrogen-bond donors (Lipinski definition) is 0. The van der Waals surface area contributed by atoms with Crippen molar-refractivity contribution in [3.63, 3.8) is 0 Å². The van der Waals surface area contributed by atoms with Crippen LogP contribution in [0.3, 0.4) is 0 Å². The molecular weight excluding hydrogens is 280 g/mol. The van der Waals surface area contributed by atoms with Crippen molar-refractivity contribution in [2.24, 2.45) is 0 Å². The molecule has 0 aromatic carbocycles. The van der Waals surface area contributed by atoms with E-state index in [-0.39, 0.29) is 0 Å². The van der Waals surface area contributed by atoms with Crippen molar-refractivity contribution in [2.45, 2.75) is 50.7 Å². The zero-order valence-electron chi connectivity index (χ0n) is 13.4. The van der Waals surface area contributed by atoms with Gasteiger partial charge in [-0.3, -0.25) is 9.80 Å². The minimum Gasteiger partial charge on any atom is -0.380 e. The van der Waals surface area contributed by atoms with Gasteiger partial charge in [-0.2, -0.15) is 0 Å². The highest BCUT2D eigenvalue weighted by Gasteiger charge is 2.45. The van der Waals surface area contributed by atoms with E-state index in [0.29, 0.717) is 11.6 Å². The molecule has 2 fully saturated rings. The van der Waals surface area contributed by atoms with Crippen molar-refractivity contribution in [3.8, 4) is 0 Å². The van der Waals surface area contributed by atoms with Gasteiger partial charge < -0.3 is 4.74 Å². The van der Waals surface area contributed by atoms with Crippen LogP contribution in [0.15, 0.2) is 17.5 Å². The van der Waals surface area contributed by atoms with Crippen LogP contribution in [0.1, 0.15) is 37.5 Å². The van der Waals surface area contributed by atoms with Gasteiger partial charge in [0.25, 0.3) is 0 Å². The van der Waals surface area contributed by atoms with E-state index in [2.05, 4.69) is 41.3 Å². The second-order valence-electron chi connectivity index (χ2n) is 6.54. The molecule has 3 heterocycles. The van der Waals surface area contributed by atoms with Gasteiger partial charge in [0.2, 0.25) is 0 Å². The molecule has 0 saturated carbocycles. The van der Waals surface area contributed by atoms with E-state index in [9.17, 15) is 0 Å². The van der Waals surface area contributed by atoms with Crippen LogP contribution in [0.2, 0.25) is 0 Å². The molecule has 1 unspecified atom stereocenters. The predicted octanol–water partition coefficient (Wildman–Crippen LogP) is 3.21. The van der Waals surface area contributed by atoms with Crippen molar-refractivity contribution in [1.82, 2.24) is 9.80 Å². The van der Waals surface area contributed by atoms with Gasteiger partial charge in [-0.25, -0.2) is 0 Å². The lowest BCUT2D eigenvalue weighted by atomic mass is 9.85. The third-order valence-electron chi connectivity index (χ3n) is 5.50. The molecule has 1 aromatic rings. The van der Waals surface area contributed by atoms with Crippen LogP contribution in [-0.4, -0.2) is 54.7 Å². The zero-order valence-corrected chi connectivity index (χ0v) is 14.2. The fraction of sp³-hybridized carbons (Fsp3) is 0.765. The van der Waals surface area contributed by atoms with E-state index in [0.717, 1.165) is 19.8 Å². The van der Waals surface area contributed by atoms with E-state index in [1.165, 1.54) is 43.6 Å². The largest absolute Gasteiger partial charge is 0.380 e. The van der Waals surface area contributed by atoms with E-state index in [4.69, 9.17) is 4.74 Å². The minimum atomic E-state index is 0.452. The van der Waals surface area contributed by atoms with Gasteiger partial charge in [0.1, 0.15) is 0 Å². The SMILES string of the molecule is CCOCC1CCC2(CCN(Cc3cccs3)CC2)N1C. The zero-order chi connectivity index (χ0) is 14.7. The number of rotatable bonds is 5. The molecular formula is C17H28N2OS. The number of likely N-dealkylation sites (N-methyl/N-ethyl adjacent to an activating group) is 1. The average Bonchev–Trinajstić information content (AvgIpc) is 3.11. The quantitative estimate of drug-likeness (QED) is 0.831. The fourth-order valence-electron chi connectivity index (χ4n) is 3.99. The van der Waals surface area contributed by atoms with Crippen LogP contribution >= 0.6 is 11.3 Å². The summed E-state index contributed by atoms with van der Waals surface area (Å²) in [5, 5.41) is 2.18. The fourth-order valence-corrected chi connectivity index (χ4v) is 4.74. The smallest absolute Gasteiger partial charge is 0.0621 e. The van der Waals surface area contributed by atoms with E-state index < -0.39 is 0 Å². The van der Waals surface area contributed by atoms with Gasteiger partial charge in [0.05, 0.1) is 6.61 Å². The Labute approximate surface area is 132 Å². The molecule has 0 aliphatic carbocycles. The monoisotopic (exact) mass is 308 g/mol. The average molecular weight is 308 g/mol. The highest BCUT2D eigenvalue weighted by molar-refractivity contribution is 7.09. The normalized spacial score (nSPS) is 26.7. The predicted molar refractivity (Wildman–Crippen MR) is 88.8 cm³/mol. The third-order valence-corrected chi connectivity index (χ3v) is 6.36. The molecule has 0 amide bonds. The Balaban J connectivity index is 1.52. The van der Waals surface area contributed by atoms with Crippen molar-refractivity contribution in [1.29, 1.82) is 0 Å². The molecule has 3 nitrogen and oxygen atoms in total. The number of hydrogen-bond acceptors (Lipinski definition) is 4. The lowest BCUT2D eigenvalue weighted by Gasteiger charge is -2.45. The number of thiophene rings is 1. The highest BCUT2D eigenvalue weighted by Crippen LogP contribution is 2.40. The Kier molecular flexibility index (Phi) is 4.99. The Morgan fingerprint density at radius 2 is 2.14 bits per heavy atom. The lowest BCUT2D eigenvalue weighted by molar-refractivity contribution is 0.0207. The van der Waals surface area contributed by atoms with Crippen molar-refractivity contribution in [3.05, 3.63) is 22.4 Å². The van der Waals surface area contributed by atoms with Crippen LogP contribution in [0.5, 0.6) is 0 Å². The van der Waals surface area contributed by atoms with Gasteiger partial charge in [0, 0.05) is 42.7 Å². The first-order chi connectivity index (χ1) is 10.2. The molecule has 1 spiro atoms. The molecule has 4 heteroatoms.